The zero-order valence-electron chi connectivity index (χ0n) is 5.98. The Kier molecular flexibility index (Phi) is 1.89. The molecule has 0 aliphatic carbocycles. The molecule has 0 radical (unpaired) electrons. The van der Waals surface area contributed by atoms with Crippen LogP contribution in [0.5, 0.6) is 0 Å². The minimum atomic E-state index is 0.435. The second-order valence-electron chi connectivity index (χ2n) is 2.06. The van der Waals surface area contributed by atoms with Crippen LogP contribution in [0, 0.1) is 6.92 Å². The Morgan fingerprint density at radius 2 is 2.33 bits per heavy atom. The van der Waals surface area contributed by atoms with E-state index in [1.165, 1.54) is 11.5 Å². The van der Waals surface area contributed by atoms with Crippen LogP contribution in [0.4, 0.5) is 0 Å². The predicted molar refractivity (Wildman–Crippen MR) is 45.6 cm³/mol. The van der Waals surface area contributed by atoms with E-state index in [0.717, 1.165) is 10.6 Å². The molecule has 2 aromatic rings. The summed E-state index contributed by atoms with van der Waals surface area (Å²) in [6.07, 6.45) is 0. The Hall–Kier alpha value is -0.820. The van der Waals surface area contributed by atoms with E-state index < -0.39 is 0 Å². The average Bonchev–Trinajstić information content (AvgIpc) is 2.58. The maximum absolute atomic E-state index is 4.91. The summed E-state index contributed by atoms with van der Waals surface area (Å²) < 4.78 is 9.10. The molecule has 0 aliphatic heterocycles. The van der Waals surface area contributed by atoms with Crippen LogP contribution < -0.4 is 0 Å². The topological polar surface area (TPSA) is 64.7 Å². The zero-order chi connectivity index (χ0) is 8.55. The van der Waals surface area contributed by atoms with Gasteiger partial charge in [0.05, 0.1) is 5.69 Å². The van der Waals surface area contributed by atoms with Crippen molar-refractivity contribution in [3.05, 3.63) is 10.4 Å². The van der Waals surface area contributed by atoms with Crippen molar-refractivity contribution in [1.29, 1.82) is 0 Å². The number of rotatable bonds is 1. The Morgan fingerprint density at radius 1 is 1.50 bits per heavy atom. The molecule has 0 aromatic carbocycles. The van der Waals surface area contributed by atoms with Crippen molar-refractivity contribution in [3.63, 3.8) is 0 Å². The smallest absolute Gasteiger partial charge is 0.272 e. The van der Waals surface area contributed by atoms with E-state index in [9.17, 15) is 0 Å². The van der Waals surface area contributed by atoms with Gasteiger partial charge in [0, 0.05) is 0 Å². The van der Waals surface area contributed by atoms with Gasteiger partial charge in [-0.05, 0) is 39.5 Å². The highest BCUT2D eigenvalue weighted by atomic mass is 79.9. The third-order valence-corrected chi connectivity index (χ3v) is 2.39. The van der Waals surface area contributed by atoms with Crippen LogP contribution in [-0.2, 0) is 0 Å². The number of aryl methyl sites for hydroxylation is 1. The standard InChI is InChI=1S/C5H3BrN4OS/c1-2-3(12-10-8-2)4-7-5(6)9-11-4/h1H3. The normalized spacial score (nSPS) is 10.5. The highest BCUT2D eigenvalue weighted by Crippen LogP contribution is 2.24. The van der Waals surface area contributed by atoms with Crippen molar-refractivity contribution in [2.45, 2.75) is 6.92 Å². The molecule has 0 saturated carbocycles. The third kappa shape index (κ3) is 1.25. The summed E-state index contributed by atoms with van der Waals surface area (Å²) in [5.74, 6) is 0.453. The summed E-state index contributed by atoms with van der Waals surface area (Å²) in [5.41, 5.74) is 0.802. The predicted octanol–water partition coefficient (Wildman–Crippen LogP) is 1.66. The molecular formula is C5H3BrN4OS. The van der Waals surface area contributed by atoms with Crippen LogP contribution in [0.1, 0.15) is 5.69 Å². The summed E-state index contributed by atoms with van der Waals surface area (Å²) in [5, 5.41) is 7.42. The molecule has 62 valence electrons. The monoisotopic (exact) mass is 246 g/mol. The molecule has 0 amide bonds. The van der Waals surface area contributed by atoms with E-state index in [1.54, 1.807) is 0 Å². The lowest BCUT2D eigenvalue weighted by Gasteiger charge is -1.83. The summed E-state index contributed by atoms with van der Waals surface area (Å²) in [6.45, 7) is 1.84. The lowest BCUT2D eigenvalue weighted by molar-refractivity contribution is 0.427. The first-order valence-corrected chi connectivity index (χ1v) is 4.62. The summed E-state index contributed by atoms with van der Waals surface area (Å²) in [7, 11) is 0. The molecule has 12 heavy (non-hydrogen) atoms. The van der Waals surface area contributed by atoms with Gasteiger partial charge in [-0.15, -0.1) is 5.10 Å². The van der Waals surface area contributed by atoms with Crippen molar-refractivity contribution in [1.82, 2.24) is 19.7 Å². The third-order valence-electron chi connectivity index (χ3n) is 1.25. The van der Waals surface area contributed by atoms with Crippen LogP contribution in [0.3, 0.4) is 0 Å². The van der Waals surface area contributed by atoms with Crippen LogP contribution in [-0.4, -0.2) is 19.7 Å². The molecule has 7 heteroatoms. The summed E-state index contributed by atoms with van der Waals surface area (Å²) in [4.78, 5) is 4.80. The van der Waals surface area contributed by atoms with Crippen LogP contribution in [0.15, 0.2) is 9.26 Å². The van der Waals surface area contributed by atoms with E-state index in [2.05, 4.69) is 35.7 Å². The first-order valence-electron chi connectivity index (χ1n) is 3.06. The van der Waals surface area contributed by atoms with Crippen molar-refractivity contribution < 1.29 is 4.52 Å². The molecule has 0 bridgehead atoms. The van der Waals surface area contributed by atoms with Crippen LogP contribution in [0.25, 0.3) is 10.8 Å². The highest BCUT2D eigenvalue weighted by molar-refractivity contribution is 9.10. The highest BCUT2D eigenvalue weighted by Gasteiger charge is 2.12. The summed E-state index contributed by atoms with van der Waals surface area (Å²) in [6, 6.07) is 0. The average molecular weight is 247 g/mol. The lowest BCUT2D eigenvalue weighted by Crippen LogP contribution is -1.76. The van der Waals surface area contributed by atoms with Gasteiger partial charge in [-0.25, -0.2) is 0 Å². The molecule has 2 rings (SSSR count). The van der Waals surface area contributed by atoms with Gasteiger partial charge < -0.3 is 4.52 Å². The van der Waals surface area contributed by atoms with Crippen molar-refractivity contribution >= 4 is 27.5 Å². The first kappa shape index (κ1) is 7.81. The Balaban J connectivity index is 2.50. The van der Waals surface area contributed by atoms with Gasteiger partial charge in [0.2, 0.25) is 4.73 Å². The molecule has 0 atom stereocenters. The Morgan fingerprint density at radius 3 is 2.83 bits per heavy atom. The Labute approximate surface area is 80.1 Å². The minimum Gasteiger partial charge on any atom is -0.332 e. The molecule has 0 saturated heterocycles. The molecule has 0 spiro atoms. The van der Waals surface area contributed by atoms with Gasteiger partial charge in [0.15, 0.2) is 0 Å². The van der Waals surface area contributed by atoms with Gasteiger partial charge in [0.25, 0.3) is 5.89 Å². The second kappa shape index (κ2) is 2.91. The molecule has 2 heterocycles. The van der Waals surface area contributed by atoms with E-state index in [4.69, 9.17) is 4.52 Å². The SMILES string of the molecule is Cc1nnsc1-c1nc(Br)no1. The first-order chi connectivity index (χ1) is 5.77. The van der Waals surface area contributed by atoms with Crippen molar-refractivity contribution in [2.75, 3.05) is 0 Å². The Bertz CT molecular complexity index is 398. The largest absolute Gasteiger partial charge is 0.332 e. The molecule has 5 nitrogen and oxygen atoms in total. The van der Waals surface area contributed by atoms with Crippen molar-refractivity contribution in [3.8, 4) is 10.8 Å². The number of hydrogen-bond donors (Lipinski definition) is 0. The fourth-order valence-corrected chi connectivity index (χ4v) is 1.54. The van der Waals surface area contributed by atoms with Crippen molar-refractivity contribution in [2.24, 2.45) is 0 Å². The number of aromatic nitrogens is 4. The number of hydrogen-bond acceptors (Lipinski definition) is 6. The van der Waals surface area contributed by atoms with Crippen LogP contribution in [0.2, 0.25) is 0 Å². The number of halogens is 1. The molecule has 0 aliphatic rings. The molecule has 2 aromatic heterocycles. The lowest BCUT2D eigenvalue weighted by atomic mass is 10.4. The second-order valence-corrected chi connectivity index (χ2v) is 3.52. The maximum atomic E-state index is 4.91. The minimum absolute atomic E-state index is 0.435. The van der Waals surface area contributed by atoms with Gasteiger partial charge >= 0.3 is 0 Å². The van der Waals surface area contributed by atoms with E-state index in [1.807, 2.05) is 6.92 Å². The van der Waals surface area contributed by atoms with Gasteiger partial charge in [-0.1, -0.05) is 4.49 Å². The molecule has 0 N–H and O–H groups in total. The molecule has 0 fully saturated rings. The van der Waals surface area contributed by atoms with E-state index in [-0.39, 0.29) is 0 Å². The zero-order valence-corrected chi connectivity index (χ0v) is 8.39. The number of nitrogens with zero attached hydrogens (tertiary/aromatic N) is 4. The molecule has 0 unspecified atom stereocenters. The van der Waals surface area contributed by atoms with Gasteiger partial charge in [-0.3, -0.25) is 0 Å². The van der Waals surface area contributed by atoms with Crippen LogP contribution >= 0.6 is 27.5 Å². The van der Waals surface area contributed by atoms with E-state index in [0.29, 0.717) is 10.6 Å². The van der Waals surface area contributed by atoms with Gasteiger partial charge in [0.1, 0.15) is 4.88 Å². The molecular weight excluding hydrogens is 244 g/mol. The fourth-order valence-electron chi connectivity index (χ4n) is 0.725. The fraction of sp³-hybridized carbons (Fsp3) is 0.200. The van der Waals surface area contributed by atoms with Gasteiger partial charge in [-0.2, -0.15) is 4.98 Å². The maximum Gasteiger partial charge on any atom is 0.272 e. The van der Waals surface area contributed by atoms with E-state index >= 15 is 0 Å². The quantitative estimate of drug-likeness (QED) is 0.766. The summed E-state index contributed by atoms with van der Waals surface area (Å²) >= 11 is 4.33.